The van der Waals surface area contributed by atoms with E-state index in [-0.39, 0.29) is 22.1 Å². The lowest BCUT2D eigenvalue weighted by Crippen LogP contribution is -2.12. The molecule has 0 aliphatic heterocycles. The van der Waals surface area contributed by atoms with Gasteiger partial charge >= 0.3 is 5.51 Å². The van der Waals surface area contributed by atoms with E-state index in [4.69, 9.17) is 5.73 Å². The van der Waals surface area contributed by atoms with Gasteiger partial charge in [-0.1, -0.05) is 26.8 Å². The summed E-state index contributed by atoms with van der Waals surface area (Å²) in [6.07, 6.45) is 2.56. The summed E-state index contributed by atoms with van der Waals surface area (Å²) in [6, 6.07) is 5.30. The Bertz CT molecular complexity index is 436. The number of aryl methyl sites for hydroxylation is 1. The maximum Gasteiger partial charge on any atom is 0.446 e. The third-order valence-electron chi connectivity index (χ3n) is 2.99. The van der Waals surface area contributed by atoms with Crippen molar-refractivity contribution in [2.45, 2.75) is 55.9 Å². The molecule has 0 unspecified atom stereocenters. The van der Waals surface area contributed by atoms with Crippen LogP contribution in [0.4, 0.5) is 13.2 Å². The molecule has 20 heavy (non-hydrogen) atoms. The van der Waals surface area contributed by atoms with E-state index in [1.54, 1.807) is 12.1 Å². The van der Waals surface area contributed by atoms with Gasteiger partial charge in [-0.3, -0.25) is 0 Å². The number of hydrogen-bond acceptors (Lipinski definition) is 2. The Kier molecular flexibility index (Phi) is 5.95. The van der Waals surface area contributed by atoms with Gasteiger partial charge in [0.1, 0.15) is 0 Å². The first-order valence-corrected chi connectivity index (χ1v) is 7.54. The zero-order valence-corrected chi connectivity index (χ0v) is 13.0. The van der Waals surface area contributed by atoms with Crippen molar-refractivity contribution in [1.82, 2.24) is 0 Å². The van der Waals surface area contributed by atoms with Crippen molar-refractivity contribution in [2.24, 2.45) is 5.73 Å². The Morgan fingerprint density at radius 3 is 2.20 bits per heavy atom. The normalized spacial score (nSPS) is 12.8. The van der Waals surface area contributed by atoms with Gasteiger partial charge < -0.3 is 5.73 Å². The number of thioether (sulfide) groups is 1. The van der Waals surface area contributed by atoms with Gasteiger partial charge in [0.15, 0.2) is 0 Å². The van der Waals surface area contributed by atoms with Crippen LogP contribution >= 0.6 is 11.8 Å². The fourth-order valence-corrected chi connectivity index (χ4v) is 2.57. The molecule has 5 heteroatoms. The molecule has 1 aromatic rings. The van der Waals surface area contributed by atoms with Crippen LogP contribution in [-0.4, -0.2) is 12.1 Å². The molecule has 1 aromatic carbocycles. The molecular weight excluding hydrogens is 283 g/mol. The number of rotatable bonds is 5. The second-order valence-corrected chi connectivity index (χ2v) is 7.05. The van der Waals surface area contributed by atoms with E-state index < -0.39 is 5.51 Å². The van der Waals surface area contributed by atoms with Crippen LogP contribution < -0.4 is 5.73 Å². The fraction of sp³-hybridized carbons (Fsp3) is 0.600. The van der Waals surface area contributed by atoms with Gasteiger partial charge in [0.25, 0.3) is 0 Å². The smallest absolute Gasteiger partial charge is 0.330 e. The number of alkyl halides is 3. The highest BCUT2D eigenvalue weighted by Crippen LogP contribution is 2.39. The number of benzene rings is 1. The summed E-state index contributed by atoms with van der Waals surface area (Å²) >= 11 is -0.0403. The van der Waals surface area contributed by atoms with Crippen LogP contribution in [0.1, 0.15) is 44.7 Å². The first-order valence-electron chi connectivity index (χ1n) is 6.72. The SMILES string of the molecule is CC(C)(C)c1cc(CCCCN)cc(SC(F)(F)F)c1. The van der Waals surface area contributed by atoms with Gasteiger partial charge in [-0.25, -0.2) is 0 Å². The predicted octanol–water partition coefficient (Wildman–Crippen LogP) is 4.88. The van der Waals surface area contributed by atoms with E-state index in [0.717, 1.165) is 30.4 Å². The van der Waals surface area contributed by atoms with Gasteiger partial charge in [-0.15, -0.1) is 0 Å². The third-order valence-corrected chi connectivity index (χ3v) is 3.69. The van der Waals surface area contributed by atoms with Crippen LogP contribution in [0.2, 0.25) is 0 Å². The summed E-state index contributed by atoms with van der Waals surface area (Å²) in [5, 5.41) is 0. The van der Waals surface area contributed by atoms with Crippen molar-refractivity contribution in [3.63, 3.8) is 0 Å². The Hall–Kier alpha value is -0.680. The average Bonchev–Trinajstić information content (AvgIpc) is 2.25. The quantitative estimate of drug-likeness (QED) is 0.620. The maximum absolute atomic E-state index is 12.6. The average molecular weight is 305 g/mol. The summed E-state index contributed by atoms with van der Waals surface area (Å²) in [5.41, 5.74) is 2.94. The van der Waals surface area contributed by atoms with Crippen molar-refractivity contribution in [1.29, 1.82) is 0 Å². The molecule has 0 heterocycles. The molecule has 0 amide bonds. The molecule has 0 saturated carbocycles. The highest BCUT2D eigenvalue weighted by molar-refractivity contribution is 8.00. The Labute approximate surface area is 123 Å². The van der Waals surface area contributed by atoms with Crippen molar-refractivity contribution >= 4 is 11.8 Å². The molecule has 0 radical (unpaired) electrons. The first kappa shape index (κ1) is 17.4. The van der Waals surface area contributed by atoms with Gasteiger partial charge in [-0.2, -0.15) is 13.2 Å². The van der Waals surface area contributed by atoms with E-state index >= 15 is 0 Å². The maximum atomic E-state index is 12.6. The van der Waals surface area contributed by atoms with E-state index in [1.165, 1.54) is 0 Å². The molecule has 0 spiro atoms. The van der Waals surface area contributed by atoms with Crippen LogP contribution in [0, 0.1) is 0 Å². The third kappa shape index (κ3) is 6.18. The van der Waals surface area contributed by atoms with Crippen LogP contribution in [0.25, 0.3) is 0 Å². The zero-order valence-electron chi connectivity index (χ0n) is 12.2. The minimum atomic E-state index is -4.25. The molecule has 2 N–H and O–H groups in total. The van der Waals surface area contributed by atoms with Crippen LogP contribution in [0.5, 0.6) is 0 Å². The molecule has 0 aliphatic rings. The van der Waals surface area contributed by atoms with Crippen molar-refractivity contribution < 1.29 is 13.2 Å². The van der Waals surface area contributed by atoms with E-state index in [1.807, 2.05) is 26.8 Å². The molecule has 0 aliphatic carbocycles. The summed E-state index contributed by atoms with van der Waals surface area (Å²) in [7, 11) is 0. The number of nitrogens with two attached hydrogens (primary N) is 1. The molecule has 0 saturated heterocycles. The lowest BCUT2D eigenvalue weighted by atomic mass is 9.86. The highest BCUT2D eigenvalue weighted by Gasteiger charge is 2.30. The van der Waals surface area contributed by atoms with Crippen molar-refractivity contribution in [3.05, 3.63) is 29.3 Å². The monoisotopic (exact) mass is 305 g/mol. The van der Waals surface area contributed by atoms with E-state index in [0.29, 0.717) is 6.54 Å². The van der Waals surface area contributed by atoms with Crippen LogP contribution in [-0.2, 0) is 11.8 Å². The predicted molar refractivity (Wildman–Crippen MR) is 79.0 cm³/mol. The highest BCUT2D eigenvalue weighted by atomic mass is 32.2. The first-order chi connectivity index (χ1) is 9.12. The van der Waals surface area contributed by atoms with Crippen molar-refractivity contribution in [2.75, 3.05) is 6.54 Å². The molecule has 0 fully saturated rings. The van der Waals surface area contributed by atoms with Gasteiger partial charge in [0, 0.05) is 4.90 Å². The standard InChI is InChI=1S/C15H22F3NS/c1-14(2,3)12-8-11(6-4-5-7-19)9-13(10-12)20-15(16,17)18/h8-10H,4-7,19H2,1-3H3. The number of halogens is 3. The molecule has 1 rings (SSSR count). The second-order valence-electron chi connectivity index (χ2n) is 5.91. The van der Waals surface area contributed by atoms with Gasteiger partial charge in [-0.05, 0) is 66.2 Å². The topological polar surface area (TPSA) is 26.0 Å². The summed E-state index contributed by atoms with van der Waals surface area (Å²) < 4.78 is 37.7. The molecule has 0 bridgehead atoms. The zero-order chi connectivity index (χ0) is 15.4. The van der Waals surface area contributed by atoms with Crippen LogP contribution in [0.15, 0.2) is 23.1 Å². The summed E-state index contributed by atoms with van der Waals surface area (Å²) in [4.78, 5) is 0.271. The molecule has 0 aromatic heterocycles. The minimum absolute atomic E-state index is 0.0403. The molecular formula is C15H22F3NS. The largest absolute Gasteiger partial charge is 0.446 e. The lowest BCUT2D eigenvalue weighted by Gasteiger charge is -2.21. The Morgan fingerprint density at radius 1 is 1.05 bits per heavy atom. The summed E-state index contributed by atoms with van der Waals surface area (Å²) in [6.45, 7) is 6.64. The van der Waals surface area contributed by atoms with Crippen LogP contribution in [0.3, 0.4) is 0 Å². The van der Waals surface area contributed by atoms with Gasteiger partial charge in [0.2, 0.25) is 0 Å². The fourth-order valence-electron chi connectivity index (χ4n) is 1.90. The Balaban J connectivity index is 3.02. The van der Waals surface area contributed by atoms with E-state index in [9.17, 15) is 13.2 Å². The molecule has 114 valence electrons. The molecule has 1 nitrogen and oxygen atoms in total. The minimum Gasteiger partial charge on any atom is -0.330 e. The lowest BCUT2D eigenvalue weighted by molar-refractivity contribution is -0.0328. The molecule has 0 atom stereocenters. The Morgan fingerprint density at radius 2 is 1.70 bits per heavy atom. The van der Waals surface area contributed by atoms with Gasteiger partial charge in [0.05, 0.1) is 0 Å². The summed E-state index contributed by atoms with van der Waals surface area (Å²) in [5.74, 6) is 0. The second kappa shape index (κ2) is 6.85. The number of unbranched alkanes of at least 4 members (excludes halogenated alkanes) is 1. The van der Waals surface area contributed by atoms with E-state index in [2.05, 4.69) is 0 Å². The number of hydrogen-bond donors (Lipinski definition) is 1. The van der Waals surface area contributed by atoms with Crippen molar-refractivity contribution in [3.8, 4) is 0 Å².